The van der Waals surface area contributed by atoms with Crippen LogP contribution in [-0.2, 0) is 4.79 Å². The van der Waals surface area contributed by atoms with Gasteiger partial charge in [0.2, 0.25) is 11.8 Å². The first-order valence-corrected chi connectivity index (χ1v) is 14.5. The number of nitrogens with zero attached hydrogens (tertiary/aromatic N) is 4. The quantitative estimate of drug-likeness (QED) is 0.464. The fourth-order valence-electron chi connectivity index (χ4n) is 6.70. The molecule has 36 heavy (non-hydrogen) atoms. The van der Waals surface area contributed by atoms with Crippen LogP contribution in [0.4, 0.5) is 8.78 Å². The number of aryl methyl sites for hydroxylation is 1. The van der Waals surface area contributed by atoms with E-state index in [1.54, 1.807) is 11.3 Å². The Morgan fingerprint density at radius 2 is 1.83 bits per heavy atom. The molecule has 1 saturated carbocycles. The zero-order chi connectivity index (χ0) is 25.4. The van der Waals surface area contributed by atoms with Crippen LogP contribution in [0.1, 0.15) is 106 Å². The van der Waals surface area contributed by atoms with Gasteiger partial charge in [-0.05, 0) is 63.3 Å². The molecular weight excluding hydrogens is 480 g/mol. The van der Waals surface area contributed by atoms with E-state index in [0.29, 0.717) is 24.0 Å². The maximum Gasteiger partial charge on any atom is 0.248 e. The predicted octanol–water partition coefficient (Wildman–Crippen LogP) is 6.01. The van der Waals surface area contributed by atoms with Gasteiger partial charge in [0.15, 0.2) is 0 Å². The topological polar surface area (TPSA) is 63.1 Å². The number of fused-ring (bicyclic) bond motifs is 2. The smallest absolute Gasteiger partial charge is 0.248 e. The largest absolute Gasteiger partial charge is 0.348 e. The Hall–Kier alpha value is -1.87. The van der Waals surface area contributed by atoms with Crippen molar-refractivity contribution in [3.8, 4) is 0 Å². The predicted molar refractivity (Wildman–Crippen MR) is 137 cm³/mol. The van der Waals surface area contributed by atoms with Crippen LogP contribution in [0.5, 0.6) is 0 Å². The Morgan fingerprint density at radius 1 is 1.14 bits per heavy atom. The molecule has 2 saturated heterocycles. The summed E-state index contributed by atoms with van der Waals surface area (Å²) < 4.78 is 29.6. The third-order valence-electron chi connectivity index (χ3n) is 8.60. The van der Waals surface area contributed by atoms with Gasteiger partial charge in [0, 0.05) is 54.2 Å². The molecule has 1 unspecified atom stereocenters. The highest BCUT2D eigenvalue weighted by Crippen LogP contribution is 2.43. The number of nitrogens with one attached hydrogen (secondary N) is 1. The van der Waals surface area contributed by atoms with Crippen LogP contribution in [0.2, 0.25) is 0 Å². The van der Waals surface area contributed by atoms with Crippen LogP contribution < -0.4 is 5.32 Å². The molecule has 1 N–H and O–H groups in total. The Balaban J connectivity index is 1.22. The van der Waals surface area contributed by atoms with E-state index in [2.05, 4.69) is 51.8 Å². The summed E-state index contributed by atoms with van der Waals surface area (Å²) in [7, 11) is 0. The lowest BCUT2D eigenvalue weighted by Crippen LogP contribution is -2.45. The van der Waals surface area contributed by atoms with E-state index in [4.69, 9.17) is 0 Å². The molecule has 6 nitrogen and oxygen atoms in total. The van der Waals surface area contributed by atoms with Gasteiger partial charge in [-0.2, -0.15) is 0 Å². The van der Waals surface area contributed by atoms with Gasteiger partial charge >= 0.3 is 0 Å². The molecule has 3 aliphatic rings. The van der Waals surface area contributed by atoms with Gasteiger partial charge in [0.25, 0.3) is 0 Å². The number of carbonyl (C=O) groups excluding carboxylic acids is 1. The highest BCUT2D eigenvalue weighted by atomic mass is 32.1. The number of alkyl halides is 2. The Bertz CT molecular complexity index is 1020. The molecule has 9 heteroatoms. The van der Waals surface area contributed by atoms with Gasteiger partial charge in [-0.15, -0.1) is 21.5 Å². The third kappa shape index (κ3) is 5.37. The second-order valence-corrected chi connectivity index (χ2v) is 12.4. The van der Waals surface area contributed by atoms with Gasteiger partial charge in [-0.25, -0.2) is 8.78 Å². The SMILES string of the molecule is Cc1nnc(C(C)C)n1[C@@H]1C[C@H]2CC[C@@H](C1)N2CCC(NC(=O)C1CCC(F)(F)CC1)c1cccs1. The average molecular weight is 520 g/mol. The maximum absolute atomic E-state index is 13.6. The summed E-state index contributed by atoms with van der Waals surface area (Å²) in [5.74, 6) is -0.524. The van der Waals surface area contributed by atoms with Crippen LogP contribution in [0.25, 0.3) is 0 Å². The van der Waals surface area contributed by atoms with Gasteiger partial charge < -0.3 is 9.88 Å². The number of hydrogen-bond acceptors (Lipinski definition) is 5. The molecule has 0 spiro atoms. The minimum Gasteiger partial charge on any atom is -0.348 e. The summed E-state index contributed by atoms with van der Waals surface area (Å²) in [5, 5.41) is 14.1. The summed E-state index contributed by atoms with van der Waals surface area (Å²) in [5.41, 5.74) is 0. The van der Waals surface area contributed by atoms with Crippen molar-refractivity contribution >= 4 is 17.2 Å². The van der Waals surface area contributed by atoms with E-state index in [0.717, 1.165) is 42.3 Å². The lowest BCUT2D eigenvalue weighted by atomic mass is 9.86. The number of rotatable bonds is 8. The number of amides is 1. The third-order valence-corrected chi connectivity index (χ3v) is 9.59. The standard InChI is InChI=1S/C27H39F2N5OS/c1-17(2)25-32-31-18(3)34(25)22-15-20-6-7-21(16-22)33(20)13-10-23(24-5-4-14-36-24)30-26(35)19-8-11-27(28,29)12-9-19/h4-5,14,17,19-23H,6-13,15-16H2,1-3H3,(H,30,35)/t20-,21+,22-,23?. The van der Waals surface area contributed by atoms with Crippen molar-refractivity contribution in [2.24, 2.45) is 5.92 Å². The fourth-order valence-corrected chi connectivity index (χ4v) is 7.51. The Morgan fingerprint density at radius 3 is 2.44 bits per heavy atom. The summed E-state index contributed by atoms with van der Waals surface area (Å²) in [4.78, 5) is 16.8. The summed E-state index contributed by atoms with van der Waals surface area (Å²) in [6.07, 6.45) is 5.67. The Labute approximate surface area is 216 Å². The highest BCUT2D eigenvalue weighted by Gasteiger charge is 2.42. The number of piperidine rings is 1. The molecule has 1 aliphatic carbocycles. The van der Waals surface area contributed by atoms with Crippen molar-refractivity contribution in [1.29, 1.82) is 0 Å². The number of carbonyl (C=O) groups is 1. The minimum atomic E-state index is -2.61. The summed E-state index contributed by atoms with van der Waals surface area (Å²) in [6, 6.07) is 5.55. The van der Waals surface area contributed by atoms with Crippen LogP contribution in [0.3, 0.4) is 0 Å². The van der Waals surface area contributed by atoms with Gasteiger partial charge in [-0.3, -0.25) is 9.69 Å². The monoisotopic (exact) mass is 519 g/mol. The zero-order valence-electron chi connectivity index (χ0n) is 21.6. The normalized spacial score (nSPS) is 27.4. The average Bonchev–Trinajstić information content (AvgIpc) is 3.55. The number of aromatic nitrogens is 3. The van der Waals surface area contributed by atoms with E-state index in [-0.39, 0.29) is 43.6 Å². The van der Waals surface area contributed by atoms with Crippen LogP contribution in [-0.4, -0.2) is 50.1 Å². The molecule has 1 amide bonds. The minimum absolute atomic E-state index is 0.0603. The van der Waals surface area contributed by atoms with Gasteiger partial charge in [0.1, 0.15) is 11.6 Å². The number of hydrogen-bond donors (Lipinski definition) is 1. The molecule has 4 atom stereocenters. The highest BCUT2D eigenvalue weighted by molar-refractivity contribution is 7.10. The molecule has 198 valence electrons. The first-order chi connectivity index (χ1) is 17.2. The van der Waals surface area contributed by atoms with Gasteiger partial charge in [0.05, 0.1) is 6.04 Å². The molecule has 0 radical (unpaired) electrons. The molecule has 2 aromatic rings. The summed E-state index contributed by atoms with van der Waals surface area (Å²) >= 11 is 1.66. The lowest BCUT2D eigenvalue weighted by Gasteiger charge is -2.40. The van der Waals surface area contributed by atoms with E-state index in [1.807, 2.05) is 11.4 Å². The molecule has 5 rings (SSSR count). The van der Waals surface area contributed by atoms with Crippen molar-refractivity contribution in [2.45, 2.75) is 115 Å². The second kappa shape index (κ2) is 10.5. The number of thiophene rings is 1. The lowest BCUT2D eigenvalue weighted by molar-refractivity contribution is -0.130. The first-order valence-electron chi connectivity index (χ1n) is 13.6. The van der Waals surface area contributed by atoms with Crippen molar-refractivity contribution < 1.29 is 13.6 Å². The maximum atomic E-state index is 13.6. The molecule has 0 aromatic carbocycles. The van der Waals surface area contributed by atoms with Crippen molar-refractivity contribution in [2.75, 3.05) is 6.54 Å². The molecule has 3 fully saturated rings. The van der Waals surface area contributed by atoms with E-state index in [9.17, 15) is 13.6 Å². The fraction of sp³-hybridized carbons (Fsp3) is 0.741. The van der Waals surface area contributed by atoms with E-state index < -0.39 is 5.92 Å². The first kappa shape index (κ1) is 25.8. The van der Waals surface area contributed by atoms with Crippen LogP contribution in [0.15, 0.2) is 17.5 Å². The van der Waals surface area contributed by atoms with E-state index >= 15 is 0 Å². The molecule has 2 aliphatic heterocycles. The molecule has 4 heterocycles. The molecule has 2 bridgehead atoms. The molecular formula is C27H39F2N5OS. The summed E-state index contributed by atoms with van der Waals surface area (Å²) in [6.45, 7) is 7.36. The second-order valence-electron chi connectivity index (χ2n) is 11.4. The van der Waals surface area contributed by atoms with Gasteiger partial charge in [-0.1, -0.05) is 19.9 Å². The number of halogens is 2. The van der Waals surface area contributed by atoms with E-state index in [1.165, 1.54) is 12.8 Å². The zero-order valence-corrected chi connectivity index (χ0v) is 22.4. The van der Waals surface area contributed by atoms with Crippen LogP contribution in [0, 0.1) is 12.8 Å². The Kier molecular flexibility index (Phi) is 7.50. The van der Waals surface area contributed by atoms with Crippen molar-refractivity contribution in [3.05, 3.63) is 34.0 Å². The van der Waals surface area contributed by atoms with Crippen molar-refractivity contribution in [1.82, 2.24) is 25.0 Å². The van der Waals surface area contributed by atoms with Crippen molar-refractivity contribution in [3.63, 3.8) is 0 Å². The van der Waals surface area contributed by atoms with Crippen LogP contribution >= 0.6 is 11.3 Å². The molecule has 2 aromatic heterocycles.